The topological polar surface area (TPSA) is 35.6 Å². The van der Waals surface area contributed by atoms with Crippen LogP contribution in [-0.2, 0) is 4.79 Å². The highest BCUT2D eigenvalue weighted by Crippen LogP contribution is 2.20. The maximum Gasteiger partial charge on any atom is 0.209 e. The number of piperazine rings is 1. The normalized spacial score (nSPS) is 15.2. The second-order valence-corrected chi connectivity index (χ2v) is 5.70. The zero-order valence-electron chi connectivity index (χ0n) is 12.3. The van der Waals surface area contributed by atoms with E-state index in [1.54, 1.807) is 4.90 Å². The van der Waals surface area contributed by atoms with Crippen molar-refractivity contribution in [3.8, 4) is 0 Å². The van der Waals surface area contributed by atoms with Crippen LogP contribution in [0.5, 0.6) is 0 Å². The predicted octanol–water partition coefficient (Wildman–Crippen LogP) is 2.08. The number of hydrogen-bond donors (Lipinski definition) is 1. The first-order valence-corrected chi connectivity index (χ1v) is 7.25. The molecular formula is C15H21N3OS. The molecule has 0 spiro atoms. The van der Waals surface area contributed by atoms with Crippen molar-refractivity contribution >= 4 is 29.4 Å². The predicted molar refractivity (Wildman–Crippen MR) is 86.1 cm³/mol. The molecule has 0 atom stereocenters. The summed E-state index contributed by atoms with van der Waals surface area (Å²) in [5.74, 6) is 0. The van der Waals surface area contributed by atoms with E-state index in [0.717, 1.165) is 43.4 Å². The van der Waals surface area contributed by atoms with Crippen LogP contribution in [0.3, 0.4) is 0 Å². The number of thiocarbonyl (C=S) groups is 1. The molecule has 0 bridgehead atoms. The summed E-state index contributed by atoms with van der Waals surface area (Å²) in [6.07, 6.45) is 0.904. The number of nitrogens with one attached hydrogen (secondary N) is 1. The fourth-order valence-corrected chi connectivity index (χ4v) is 2.61. The molecule has 0 radical (unpaired) electrons. The first-order chi connectivity index (χ1) is 9.51. The van der Waals surface area contributed by atoms with Crippen LogP contribution >= 0.6 is 12.2 Å². The van der Waals surface area contributed by atoms with Crippen molar-refractivity contribution in [1.82, 2.24) is 9.80 Å². The van der Waals surface area contributed by atoms with Gasteiger partial charge in [0.2, 0.25) is 6.41 Å². The molecule has 2 rings (SSSR count). The molecule has 1 heterocycles. The van der Waals surface area contributed by atoms with Gasteiger partial charge in [-0.3, -0.25) is 4.79 Å². The molecule has 0 unspecified atom stereocenters. The van der Waals surface area contributed by atoms with Crippen molar-refractivity contribution < 1.29 is 4.79 Å². The monoisotopic (exact) mass is 291 g/mol. The molecule has 0 saturated carbocycles. The van der Waals surface area contributed by atoms with Gasteiger partial charge in [-0.15, -0.1) is 0 Å². The molecule has 1 N–H and O–H groups in total. The van der Waals surface area contributed by atoms with Crippen molar-refractivity contribution in [2.24, 2.45) is 0 Å². The highest BCUT2D eigenvalue weighted by Gasteiger charge is 2.18. The lowest BCUT2D eigenvalue weighted by Gasteiger charge is -2.34. The molecule has 5 heteroatoms. The van der Waals surface area contributed by atoms with Gasteiger partial charge in [-0.1, -0.05) is 6.07 Å². The molecule has 4 nitrogen and oxygen atoms in total. The van der Waals surface area contributed by atoms with Crippen LogP contribution in [0, 0.1) is 20.8 Å². The van der Waals surface area contributed by atoms with Crippen LogP contribution in [-0.4, -0.2) is 47.5 Å². The highest BCUT2D eigenvalue weighted by atomic mass is 32.1. The maximum absolute atomic E-state index is 10.7. The van der Waals surface area contributed by atoms with Gasteiger partial charge < -0.3 is 15.1 Å². The van der Waals surface area contributed by atoms with Crippen LogP contribution in [0.15, 0.2) is 12.1 Å². The molecule has 108 valence electrons. The number of nitrogens with zero attached hydrogens (tertiary/aromatic N) is 2. The summed E-state index contributed by atoms with van der Waals surface area (Å²) in [5, 5.41) is 4.07. The number of rotatable bonds is 2. The number of aryl methyl sites for hydroxylation is 3. The van der Waals surface area contributed by atoms with E-state index in [9.17, 15) is 4.79 Å². The van der Waals surface area contributed by atoms with Crippen LogP contribution in [0.1, 0.15) is 16.7 Å². The molecule has 1 amide bonds. The smallest absolute Gasteiger partial charge is 0.209 e. The lowest BCUT2D eigenvalue weighted by Crippen LogP contribution is -2.49. The number of amides is 1. The first kappa shape index (κ1) is 14.8. The van der Waals surface area contributed by atoms with Gasteiger partial charge in [0.25, 0.3) is 0 Å². The lowest BCUT2D eigenvalue weighted by atomic mass is 10.1. The number of carbonyl (C=O) groups is 1. The quantitative estimate of drug-likeness (QED) is 0.668. The SMILES string of the molecule is Cc1cc(C)c(NC(=S)N2CCN(C=O)CC2)cc1C. The molecule has 1 aliphatic heterocycles. The summed E-state index contributed by atoms with van der Waals surface area (Å²) < 4.78 is 0. The van der Waals surface area contributed by atoms with Crippen molar-refractivity contribution in [2.45, 2.75) is 20.8 Å². The van der Waals surface area contributed by atoms with Crippen molar-refractivity contribution in [3.05, 3.63) is 28.8 Å². The molecule has 1 aromatic rings. The second-order valence-electron chi connectivity index (χ2n) is 5.31. The summed E-state index contributed by atoms with van der Waals surface area (Å²) in [7, 11) is 0. The Morgan fingerprint density at radius 3 is 2.30 bits per heavy atom. The summed E-state index contributed by atoms with van der Waals surface area (Å²) in [4.78, 5) is 14.6. The fourth-order valence-electron chi connectivity index (χ4n) is 2.32. The third-order valence-electron chi connectivity index (χ3n) is 3.83. The Morgan fingerprint density at radius 1 is 1.10 bits per heavy atom. The Bertz CT molecular complexity index is 522. The van der Waals surface area contributed by atoms with E-state index in [0.29, 0.717) is 0 Å². The van der Waals surface area contributed by atoms with Gasteiger partial charge in [0.1, 0.15) is 0 Å². The zero-order valence-corrected chi connectivity index (χ0v) is 13.1. The van der Waals surface area contributed by atoms with Gasteiger partial charge in [-0.25, -0.2) is 0 Å². The third kappa shape index (κ3) is 3.28. The molecular weight excluding hydrogens is 270 g/mol. The summed E-state index contributed by atoms with van der Waals surface area (Å²) in [6.45, 7) is 9.34. The Labute approximate surface area is 125 Å². The maximum atomic E-state index is 10.7. The lowest BCUT2D eigenvalue weighted by molar-refractivity contribution is -0.119. The van der Waals surface area contributed by atoms with E-state index in [-0.39, 0.29) is 0 Å². The Morgan fingerprint density at radius 2 is 1.70 bits per heavy atom. The van der Waals surface area contributed by atoms with Gasteiger partial charge >= 0.3 is 0 Å². The number of anilines is 1. The van der Waals surface area contributed by atoms with Crippen LogP contribution in [0.2, 0.25) is 0 Å². The average molecular weight is 291 g/mol. The molecule has 1 saturated heterocycles. The number of carbonyl (C=O) groups excluding carboxylic acids is 1. The van der Waals surface area contributed by atoms with Crippen molar-refractivity contribution in [1.29, 1.82) is 0 Å². The molecule has 20 heavy (non-hydrogen) atoms. The van der Waals surface area contributed by atoms with Crippen LogP contribution in [0.25, 0.3) is 0 Å². The zero-order chi connectivity index (χ0) is 14.7. The Hall–Kier alpha value is -1.62. The number of hydrogen-bond acceptors (Lipinski definition) is 2. The van der Waals surface area contributed by atoms with Crippen LogP contribution in [0.4, 0.5) is 5.69 Å². The minimum Gasteiger partial charge on any atom is -0.345 e. The van der Waals surface area contributed by atoms with Gasteiger partial charge in [0.05, 0.1) is 0 Å². The van der Waals surface area contributed by atoms with E-state index in [2.05, 4.69) is 43.1 Å². The molecule has 0 aromatic heterocycles. The second kappa shape index (κ2) is 6.22. The van der Waals surface area contributed by atoms with Crippen molar-refractivity contribution in [2.75, 3.05) is 31.5 Å². The van der Waals surface area contributed by atoms with Gasteiger partial charge in [0.15, 0.2) is 5.11 Å². The minimum atomic E-state index is 0.733. The summed E-state index contributed by atoms with van der Waals surface area (Å²) in [5.41, 5.74) is 4.81. The minimum absolute atomic E-state index is 0.733. The summed E-state index contributed by atoms with van der Waals surface area (Å²) >= 11 is 5.47. The third-order valence-corrected chi connectivity index (χ3v) is 4.19. The molecule has 1 aliphatic rings. The summed E-state index contributed by atoms with van der Waals surface area (Å²) in [6, 6.07) is 4.31. The fraction of sp³-hybridized carbons (Fsp3) is 0.467. The standard InChI is InChI=1S/C15H21N3OS/c1-11-8-13(3)14(9-12(11)2)16-15(20)18-6-4-17(10-19)5-7-18/h8-10H,4-7H2,1-3H3,(H,16,20). The largest absolute Gasteiger partial charge is 0.345 e. The van der Waals surface area contributed by atoms with E-state index in [4.69, 9.17) is 12.2 Å². The van der Waals surface area contributed by atoms with E-state index >= 15 is 0 Å². The Kier molecular flexibility index (Phi) is 4.60. The van der Waals surface area contributed by atoms with E-state index < -0.39 is 0 Å². The van der Waals surface area contributed by atoms with Gasteiger partial charge in [0, 0.05) is 31.9 Å². The molecule has 1 aromatic carbocycles. The van der Waals surface area contributed by atoms with Crippen molar-refractivity contribution in [3.63, 3.8) is 0 Å². The molecule has 1 fully saturated rings. The molecule has 0 aliphatic carbocycles. The highest BCUT2D eigenvalue weighted by molar-refractivity contribution is 7.80. The average Bonchev–Trinajstić information content (AvgIpc) is 2.44. The Balaban J connectivity index is 2.02. The van der Waals surface area contributed by atoms with Crippen LogP contribution < -0.4 is 5.32 Å². The number of benzene rings is 1. The van der Waals surface area contributed by atoms with E-state index in [1.807, 2.05) is 0 Å². The van der Waals surface area contributed by atoms with E-state index in [1.165, 1.54) is 16.7 Å². The first-order valence-electron chi connectivity index (χ1n) is 6.84. The van der Waals surface area contributed by atoms with Gasteiger partial charge in [-0.2, -0.15) is 0 Å². The van der Waals surface area contributed by atoms with Gasteiger partial charge in [-0.05, 0) is 55.7 Å².